The second-order valence-corrected chi connectivity index (χ2v) is 5.90. The Kier molecular flexibility index (Phi) is 6.64. The molecule has 144 valence electrons. The van der Waals surface area contributed by atoms with Crippen LogP contribution in [0.15, 0.2) is 18.2 Å². The number of ether oxygens (including phenoxy) is 1. The number of benzene rings is 1. The van der Waals surface area contributed by atoms with Gasteiger partial charge in [-0.05, 0) is 25.0 Å². The number of carbonyl (C=O) groups is 2. The first-order valence-corrected chi connectivity index (χ1v) is 8.06. The first-order valence-electron chi connectivity index (χ1n) is 8.06. The smallest absolute Gasteiger partial charge is 0.422 e. The fourth-order valence-corrected chi connectivity index (χ4v) is 2.56. The lowest BCUT2D eigenvalue weighted by molar-refractivity contribution is -0.153. The number of hydrogen-bond acceptors (Lipinski definition) is 4. The first kappa shape index (κ1) is 19.8. The SMILES string of the molecule is O=C(CNc1cc(F)ccc1OCC(F)(F)F)NC(=O)NC1CCCC1. The Hall–Kier alpha value is -2.52. The molecule has 0 aliphatic heterocycles. The summed E-state index contributed by atoms with van der Waals surface area (Å²) in [5.74, 6) is -1.69. The van der Waals surface area contributed by atoms with E-state index < -0.39 is 37.1 Å². The molecule has 1 aromatic carbocycles. The maximum atomic E-state index is 13.3. The third kappa shape index (κ3) is 6.77. The predicted octanol–water partition coefficient (Wildman–Crippen LogP) is 2.95. The van der Waals surface area contributed by atoms with E-state index >= 15 is 0 Å². The number of amides is 3. The number of carbonyl (C=O) groups excluding carboxylic acids is 2. The lowest BCUT2D eigenvalue weighted by Crippen LogP contribution is -2.45. The van der Waals surface area contributed by atoms with Crippen LogP contribution >= 0.6 is 0 Å². The molecular formula is C16H19F4N3O3. The van der Waals surface area contributed by atoms with Crippen LogP contribution in [0.5, 0.6) is 5.75 Å². The van der Waals surface area contributed by atoms with Crippen molar-refractivity contribution in [1.82, 2.24) is 10.6 Å². The number of alkyl halides is 3. The van der Waals surface area contributed by atoms with E-state index in [-0.39, 0.29) is 17.5 Å². The zero-order valence-corrected chi connectivity index (χ0v) is 13.8. The highest BCUT2D eigenvalue weighted by Gasteiger charge is 2.29. The lowest BCUT2D eigenvalue weighted by Gasteiger charge is -2.15. The van der Waals surface area contributed by atoms with E-state index in [0.717, 1.165) is 43.9 Å². The highest BCUT2D eigenvalue weighted by atomic mass is 19.4. The van der Waals surface area contributed by atoms with Crippen LogP contribution in [-0.4, -0.2) is 37.3 Å². The lowest BCUT2D eigenvalue weighted by atomic mass is 10.2. The molecule has 0 saturated heterocycles. The molecule has 2 rings (SSSR count). The first-order chi connectivity index (χ1) is 12.2. The Labute approximate surface area is 147 Å². The molecule has 1 aliphatic carbocycles. The van der Waals surface area contributed by atoms with E-state index in [0.29, 0.717) is 0 Å². The molecule has 0 unspecified atom stereocenters. The van der Waals surface area contributed by atoms with Gasteiger partial charge in [0.15, 0.2) is 6.61 Å². The van der Waals surface area contributed by atoms with Crippen molar-refractivity contribution in [3.63, 3.8) is 0 Å². The summed E-state index contributed by atoms with van der Waals surface area (Å²) in [6.45, 7) is -1.99. The Morgan fingerprint density at radius 3 is 2.54 bits per heavy atom. The van der Waals surface area contributed by atoms with Gasteiger partial charge in [0.1, 0.15) is 11.6 Å². The molecule has 0 heterocycles. The van der Waals surface area contributed by atoms with Gasteiger partial charge in [-0.3, -0.25) is 10.1 Å². The van der Waals surface area contributed by atoms with Crippen LogP contribution in [0.3, 0.4) is 0 Å². The highest BCUT2D eigenvalue weighted by molar-refractivity contribution is 5.96. The summed E-state index contributed by atoms with van der Waals surface area (Å²) in [4.78, 5) is 23.4. The summed E-state index contributed by atoms with van der Waals surface area (Å²) < 4.78 is 54.6. The van der Waals surface area contributed by atoms with Gasteiger partial charge in [-0.25, -0.2) is 9.18 Å². The largest absolute Gasteiger partial charge is 0.482 e. The topological polar surface area (TPSA) is 79.5 Å². The van der Waals surface area contributed by atoms with Gasteiger partial charge < -0.3 is 15.4 Å². The molecule has 26 heavy (non-hydrogen) atoms. The minimum absolute atomic E-state index is 0.0290. The molecule has 3 N–H and O–H groups in total. The molecule has 0 spiro atoms. The summed E-state index contributed by atoms with van der Waals surface area (Å²) in [6, 6.07) is 2.25. The number of hydrogen-bond donors (Lipinski definition) is 3. The summed E-state index contributed by atoms with van der Waals surface area (Å²) >= 11 is 0. The van der Waals surface area contributed by atoms with Gasteiger partial charge in [-0.1, -0.05) is 12.8 Å². The molecule has 3 amide bonds. The van der Waals surface area contributed by atoms with Crippen LogP contribution < -0.4 is 20.7 Å². The van der Waals surface area contributed by atoms with Crippen molar-refractivity contribution >= 4 is 17.6 Å². The molecule has 6 nitrogen and oxygen atoms in total. The van der Waals surface area contributed by atoms with Crippen LogP contribution in [0.4, 0.5) is 28.0 Å². The van der Waals surface area contributed by atoms with Gasteiger partial charge in [-0.2, -0.15) is 13.2 Å². The van der Waals surface area contributed by atoms with Gasteiger partial charge in [0, 0.05) is 12.1 Å². The van der Waals surface area contributed by atoms with Gasteiger partial charge >= 0.3 is 12.2 Å². The van der Waals surface area contributed by atoms with Crippen molar-refractivity contribution < 1.29 is 31.9 Å². The maximum Gasteiger partial charge on any atom is 0.422 e. The second-order valence-electron chi connectivity index (χ2n) is 5.90. The van der Waals surface area contributed by atoms with Crippen LogP contribution in [0.25, 0.3) is 0 Å². The van der Waals surface area contributed by atoms with E-state index in [9.17, 15) is 27.2 Å². The molecule has 0 radical (unpaired) electrons. The zero-order valence-electron chi connectivity index (χ0n) is 13.8. The van der Waals surface area contributed by atoms with Crippen LogP contribution in [-0.2, 0) is 4.79 Å². The number of anilines is 1. The van der Waals surface area contributed by atoms with E-state index in [4.69, 9.17) is 0 Å². The van der Waals surface area contributed by atoms with E-state index in [1.165, 1.54) is 0 Å². The number of rotatable bonds is 6. The quantitative estimate of drug-likeness (QED) is 0.666. The average Bonchev–Trinajstić information content (AvgIpc) is 3.03. The Morgan fingerprint density at radius 1 is 1.19 bits per heavy atom. The highest BCUT2D eigenvalue weighted by Crippen LogP contribution is 2.27. The second kappa shape index (κ2) is 8.72. The van der Waals surface area contributed by atoms with E-state index in [2.05, 4.69) is 20.7 Å². The van der Waals surface area contributed by atoms with Gasteiger partial charge in [0.25, 0.3) is 0 Å². The zero-order chi connectivity index (χ0) is 19.2. The van der Waals surface area contributed by atoms with Crippen molar-refractivity contribution in [3.05, 3.63) is 24.0 Å². The van der Waals surface area contributed by atoms with Crippen molar-refractivity contribution in [3.8, 4) is 5.75 Å². The number of halogens is 4. The number of imide groups is 1. The molecule has 1 saturated carbocycles. The predicted molar refractivity (Wildman–Crippen MR) is 85.4 cm³/mol. The minimum atomic E-state index is -4.55. The monoisotopic (exact) mass is 377 g/mol. The summed E-state index contributed by atoms with van der Waals surface area (Å²) in [5, 5.41) is 7.22. The molecule has 1 aromatic rings. The van der Waals surface area contributed by atoms with Crippen LogP contribution in [0.2, 0.25) is 0 Å². The van der Waals surface area contributed by atoms with Crippen LogP contribution in [0.1, 0.15) is 25.7 Å². The molecule has 0 aromatic heterocycles. The van der Waals surface area contributed by atoms with Crippen molar-refractivity contribution in [2.75, 3.05) is 18.5 Å². The van der Waals surface area contributed by atoms with Crippen molar-refractivity contribution in [2.45, 2.75) is 37.9 Å². The number of urea groups is 1. The molecule has 1 fully saturated rings. The fraction of sp³-hybridized carbons (Fsp3) is 0.500. The van der Waals surface area contributed by atoms with Crippen LogP contribution in [0, 0.1) is 5.82 Å². The third-order valence-corrected chi connectivity index (χ3v) is 3.72. The summed E-state index contributed by atoms with van der Waals surface area (Å²) in [7, 11) is 0. The number of nitrogens with one attached hydrogen (secondary N) is 3. The Balaban J connectivity index is 1.85. The van der Waals surface area contributed by atoms with E-state index in [1.807, 2.05) is 0 Å². The molecule has 0 atom stereocenters. The molecule has 0 bridgehead atoms. The normalized spacial score (nSPS) is 14.8. The van der Waals surface area contributed by atoms with Crippen molar-refractivity contribution in [1.29, 1.82) is 0 Å². The third-order valence-electron chi connectivity index (χ3n) is 3.72. The van der Waals surface area contributed by atoms with E-state index in [1.54, 1.807) is 0 Å². The van der Waals surface area contributed by atoms with Gasteiger partial charge in [0.05, 0.1) is 12.2 Å². The minimum Gasteiger partial charge on any atom is -0.482 e. The molecular weight excluding hydrogens is 358 g/mol. The molecule has 10 heteroatoms. The average molecular weight is 377 g/mol. The summed E-state index contributed by atoms with van der Waals surface area (Å²) in [5.41, 5.74) is -0.124. The Morgan fingerprint density at radius 2 is 1.88 bits per heavy atom. The molecule has 1 aliphatic rings. The summed E-state index contributed by atoms with van der Waals surface area (Å²) in [6.07, 6.45) is -0.824. The van der Waals surface area contributed by atoms with Crippen molar-refractivity contribution in [2.24, 2.45) is 0 Å². The van der Waals surface area contributed by atoms with Gasteiger partial charge in [0.2, 0.25) is 5.91 Å². The Bertz CT molecular complexity index is 646. The maximum absolute atomic E-state index is 13.3. The van der Waals surface area contributed by atoms with Gasteiger partial charge in [-0.15, -0.1) is 0 Å². The standard InChI is InChI=1S/C16H19F4N3O3/c17-10-5-6-13(26-9-16(18,19)20)12(7-10)21-8-14(24)23-15(25)22-11-3-1-2-4-11/h5-7,11,21H,1-4,8-9H2,(H2,22,23,24,25). The fourth-order valence-electron chi connectivity index (χ4n) is 2.56.